The van der Waals surface area contributed by atoms with E-state index in [-0.39, 0.29) is 20.7 Å². The summed E-state index contributed by atoms with van der Waals surface area (Å²) in [4.78, 5) is 0. The predicted octanol–water partition coefficient (Wildman–Crippen LogP) is 5.37. The Morgan fingerprint density at radius 1 is 1.62 bits per heavy atom. The van der Waals surface area contributed by atoms with Crippen LogP contribution in [0, 0.1) is 11.3 Å². The fourth-order valence-electron chi connectivity index (χ4n) is 1.85. The van der Waals surface area contributed by atoms with Gasteiger partial charge in [-0.3, -0.25) is 0 Å². The van der Waals surface area contributed by atoms with Crippen molar-refractivity contribution in [1.29, 1.82) is 0 Å². The minimum absolute atomic E-state index is 0.0606. The molecule has 1 nitrogen and oxygen atoms in total. The van der Waals surface area contributed by atoms with Crippen molar-refractivity contribution >= 4 is 47.7 Å². The highest BCUT2D eigenvalue weighted by molar-refractivity contribution is 14.2. The summed E-state index contributed by atoms with van der Waals surface area (Å²) in [7, 11) is 0. The van der Waals surface area contributed by atoms with Gasteiger partial charge in [-0.25, -0.2) is 0 Å². The normalized spacial score (nSPS) is 19.0. The lowest BCUT2D eigenvalue weighted by Crippen LogP contribution is -2.22. The Morgan fingerprint density at radius 2 is 2.31 bits per heavy atom. The highest BCUT2D eigenvalue weighted by Gasteiger charge is 2.29. The van der Waals surface area contributed by atoms with Gasteiger partial charge in [-0.1, -0.05) is 51.6 Å². The molecule has 0 amide bonds. The monoisotopic (exact) mass is 446 g/mol. The van der Waals surface area contributed by atoms with Crippen molar-refractivity contribution in [2.24, 2.45) is 11.3 Å². The van der Waals surface area contributed by atoms with Crippen molar-refractivity contribution < 1.29 is 3.07 Å². The Hall–Kier alpha value is 0.610. The summed E-state index contributed by atoms with van der Waals surface area (Å²) >= 11 is 2.09. The fourth-order valence-corrected chi connectivity index (χ4v) is 6.18. The van der Waals surface area contributed by atoms with Gasteiger partial charge in [0.15, 0.2) is 23.0 Å². The summed E-state index contributed by atoms with van der Waals surface area (Å²) < 4.78 is 9.62. The van der Waals surface area contributed by atoms with Gasteiger partial charge in [-0.05, 0) is 18.3 Å². The predicted molar refractivity (Wildman–Crippen MR) is 89.2 cm³/mol. The lowest BCUT2D eigenvalue weighted by molar-refractivity contribution is 0.286. The number of hydrogen-bond acceptors (Lipinski definition) is 1. The smallest absolute Gasteiger partial charge is 0.192 e. The van der Waals surface area contributed by atoms with Crippen LogP contribution in [-0.4, -0.2) is 4.01 Å². The van der Waals surface area contributed by atoms with Gasteiger partial charge in [0.2, 0.25) is 0 Å². The van der Waals surface area contributed by atoms with Gasteiger partial charge in [0.1, 0.15) is 5.76 Å². The molecule has 0 spiro atoms. The first-order valence-electron chi connectivity index (χ1n) is 5.58. The van der Waals surface area contributed by atoms with E-state index in [2.05, 4.69) is 31.4 Å². The maximum absolute atomic E-state index is 5.55. The Balaban J connectivity index is 3.05. The summed E-state index contributed by atoms with van der Waals surface area (Å²) in [6.45, 7) is 10.8. The molecule has 0 aromatic heterocycles. The van der Waals surface area contributed by atoms with Gasteiger partial charge in [-0.2, -0.15) is 0 Å². The SMILES string of the molecule is C=CCC(C1=C(OI)CCC=I1)C(C)(C)C. The Kier molecular flexibility index (Phi) is 5.98. The lowest BCUT2D eigenvalue weighted by Gasteiger charge is -2.32. The summed E-state index contributed by atoms with van der Waals surface area (Å²) in [6.07, 6.45) is 5.39. The fraction of sp³-hybridized carbons (Fsp3) is 0.615. The van der Waals surface area contributed by atoms with Crippen LogP contribution in [0.15, 0.2) is 22.0 Å². The molecule has 1 aliphatic rings. The van der Waals surface area contributed by atoms with Crippen LogP contribution in [0.2, 0.25) is 0 Å². The van der Waals surface area contributed by atoms with E-state index in [1.54, 1.807) is 3.58 Å². The Morgan fingerprint density at radius 3 is 2.81 bits per heavy atom. The number of rotatable bonds is 4. The van der Waals surface area contributed by atoms with Crippen LogP contribution < -0.4 is 0 Å². The molecular formula is C13H20I2O. The van der Waals surface area contributed by atoms with Crippen molar-refractivity contribution in [3.63, 3.8) is 0 Å². The van der Waals surface area contributed by atoms with Crippen molar-refractivity contribution in [3.05, 3.63) is 22.0 Å². The first kappa shape index (κ1) is 14.7. The minimum atomic E-state index is 0.0606. The van der Waals surface area contributed by atoms with Crippen LogP contribution >= 0.6 is 43.7 Å². The molecule has 0 saturated carbocycles. The third-order valence-electron chi connectivity index (χ3n) is 2.79. The van der Waals surface area contributed by atoms with Crippen LogP contribution in [-0.2, 0) is 3.07 Å². The molecule has 0 bridgehead atoms. The average molecular weight is 446 g/mol. The molecule has 1 heterocycles. The molecule has 1 unspecified atom stereocenters. The van der Waals surface area contributed by atoms with Crippen LogP contribution in [0.3, 0.4) is 0 Å². The van der Waals surface area contributed by atoms with Crippen LogP contribution in [0.4, 0.5) is 0 Å². The Bertz CT molecular complexity index is 310. The molecule has 0 saturated heterocycles. The van der Waals surface area contributed by atoms with E-state index in [1.165, 1.54) is 12.2 Å². The van der Waals surface area contributed by atoms with Gasteiger partial charge in [0.25, 0.3) is 0 Å². The van der Waals surface area contributed by atoms with E-state index < -0.39 is 0 Å². The second kappa shape index (κ2) is 6.52. The second-order valence-electron chi connectivity index (χ2n) is 5.09. The minimum Gasteiger partial charge on any atom is -0.431 e. The molecule has 1 rings (SSSR count). The van der Waals surface area contributed by atoms with Crippen molar-refractivity contribution in [3.8, 4) is 0 Å². The molecule has 92 valence electrons. The van der Waals surface area contributed by atoms with Gasteiger partial charge >= 0.3 is 0 Å². The Labute approximate surface area is 123 Å². The average Bonchev–Trinajstić information content (AvgIpc) is 2.24. The van der Waals surface area contributed by atoms with Gasteiger partial charge < -0.3 is 3.07 Å². The first-order valence-corrected chi connectivity index (χ1v) is 8.78. The molecule has 1 aliphatic heterocycles. The van der Waals surface area contributed by atoms with Crippen LogP contribution in [0.5, 0.6) is 0 Å². The number of hydrogen-bond donors (Lipinski definition) is 0. The molecule has 0 N–H and O–H groups in total. The molecule has 0 radical (unpaired) electrons. The number of allylic oxidation sites excluding steroid dienone is 3. The highest BCUT2D eigenvalue weighted by Crippen LogP contribution is 2.44. The van der Waals surface area contributed by atoms with Crippen LogP contribution in [0.25, 0.3) is 0 Å². The zero-order valence-corrected chi connectivity index (χ0v) is 14.5. The molecule has 3 heteroatoms. The third kappa shape index (κ3) is 3.82. The van der Waals surface area contributed by atoms with E-state index in [4.69, 9.17) is 3.07 Å². The lowest BCUT2D eigenvalue weighted by atomic mass is 9.78. The molecule has 1 atom stereocenters. The third-order valence-corrected chi connectivity index (χ3v) is 6.41. The molecule has 16 heavy (non-hydrogen) atoms. The summed E-state index contributed by atoms with van der Waals surface area (Å²) in [5.41, 5.74) is 0.300. The maximum atomic E-state index is 5.55. The van der Waals surface area contributed by atoms with E-state index in [0.29, 0.717) is 11.3 Å². The van der Waals surface area contributed by atoms with Gasteiger partial charge in [0.05, 0.1) is 0 Å². The van der Waals surface area contributed by atoms with Gasteiger partial charge in [-0.15, -0.1) is 6.58 Å². The van der Waals surface area contributed by atoms with E-state index in [9.17, 15) is 0 Å². The van der Waals surface area contributed by atoms with E-state index in [1.807, 2.05) is 29.1 Å². The standard InChI is InChI=1S/C13H20I2O/c1-5-7-10(13(2,3)4)12-11(16-14)8-6-9-15-12/h5,9-10H,1,6-8H2,2-4H3. The summed E-state index contributed by atoms with van der Waals surface area (Å²) in [6, 6.07) is 0. The highest BCUT2D eigenvalue weighted by atomic mass is 127. The van der Waals surface area contributed by atoms with E-state index >= 15 is 0 Å². The second-order valence-corrected chi connectivity index (χ2v) is 8.20. The van der Waals surface area contributed by atoms with Crippen molar-refractivity contribution in [1.82, 2.24) is 0 Å². The zero-order chi connectivity index (χ0) is 12.2. The number of halogens is 2. The van der Waals surface area contributed by atoms with E-state index in [0.717, 1.165) is 12.8 Å². The molecule has 0 aromatic carbocycles. The molecular weight excluding hydrogens is 426 g/mol. The van der Waals surface area contributed by atoms with Gasteiger partial charge in [0, 0.05) is 15.9 Å². The van der Waals surface area contributed by atoms with Crippen molar-refractivity contribution in [2.45, 2.75) is 40.0 Å². The topological polar surface area (TPSA) is 9.23 Å². The first-order chi connectivity index (χ1) is 7.50. The molecule has 0 aromatic rings. The summed E-state index contributed by atoms with van der Waals surface area (Å²) in [5, 5.41) is 0. The maximum Gasteiger partial charge on any atom is 0.192 e. The largest absolute Gasteiger partial charge is 0.431 e. The quantitative estimate of drug-likeness (QED) is 0.417. The van der Waals surface area contributed by atoms with Crippen LogP contribution in [0.1, 0.15) is 40.0 Å². The molecule has 0 fully saturated rings. The summed E-state index contributed by atoms with van der Waals surface area (Å²) in [5.74, 6) is 1.84. The zero-order valence-electron chi connectivity index (χ0n) is 10.2. The molecule has 0 aliphatic carbocycles. The van der Waals surface area contributed by atoms with Crippen molar-refractivity contribution in [2.75, 3.05) is 0 Å².